The van der Waals surface area contributed by atoms with Crippen molar-refractivity contribution in [3.8, 4) is 0 Å². The summed E-state index contributed by atoms with van der Waals surface area (Å²) >= 11 is 0. The van der Waals surface area contributed by atoms with E-state index in [0.717, 1.165) is 19.8 Å². The molecule has 0 spiro atoms. The second-order valence-electron chi connectivity index (χ2n) is 7.54. The van der Waals surface area contributed by atoms with Gasteiger partial charge in [0.25, 0.3) is 5.97 Å². The Bertz CT molecular complexity index is 746. The molecule has 4 N–H and O–H groups in total. The number of rotatable bonds is 5. The number of hydrogen-bond acceptors (Lipinski definition) is 3. The average Bonchev–Trinajstić information content (AvgIpc) is 2.81. The van der Waals surface area contributed by atoms with E-state index < -0.39 is 5.97 Å². The molecule has 0 fully saturated rings. The first-order valence-electron chi connectivity index (χ1n) is 11.8. The standard InChI is InChI=1S/2C9H9.C6H13NO.C4H11N.C2H4O2.CH4.2Y/c2*1-2-6-9-7-4-3-5-8-9;1-4-5(2)7-6(3)8;1-3-4(2)5;1-2(3)4;;;/h2*2-8H,1H2;5H,4H2,1-3H3,(H,7,8);4H,3,5H2,1-2H3;1H3,(H,3,4);1H4;;/q2*-1;;;;;;/b2*6-2-;;;;;;. The van der Waals surface area contributed by atoms with E-state index in [4.69, 9.17) is 15.6 Å². The van der Waals surface area contributed by atoms with Gasteiger partial charge in [-0.2, -0.15) is 0 Å². The first-order valence-corrected chi connectivity index (χ1v) is 11.8. The van der Waals surface area contributed by atoms with E-state index in [1.165, 1.54) is 18.1 Å². The van der Waals surface area contributed by atoms with Crippen molar-refractivity contribution in [3.05, 3.63) is 97.8 Å². The second-order valence-corrected chi connectivity index (χ2v) is 7.54. The third kappa shape index (κ3) is 47.9. The van der Waals surface area contributed by atoms with Gasteiger partial charge < -0.3 is 16.2 Å². The summed E-state index contributed by atoms with van der Waals surface area (Å²) in [6.45, 7) is 17.9. The van der Waals surface area contributed by atoms with Crippen molar-refractivity contribution >= 4 is 24.0 Å². The molecule has 0 aliphatic rings. The fourth-order valence-corrected chi connectivity index (χ4v) is 1.85. The third-order valence-corrected chi connectivity index (χ3v) is 3.93. The molecule has 1 amide bonds. The van der Waals surface area contributed by atoms with Gasteiger partial charge in [-0.05, 0) is 26.7 Å². The molecule has 210 valence electrons. The second kappa shape index (κ2) is 37.9. The number of allylic oxidation sites excluding steroid dienone is 2. The summed E-state index contributed by atoms with van der Waals surface area (Å²) in [7, 11) is 0. The molecule has 0 saturated heterocycles. The largest absolute Gasteiger partial charge is 0.481 e. The minimum atomic E-state index is -0.833. The average molecular weight is 677 g/mol. The van der Waals surface area contributed by atoms with Crippen molar-refractivity contribution in [3.63, 3.8) is 0 Å². The summed E-state index contributed by atoms with van der Waals surface area (Å²) in [5.41, 5.74) is 7.69. The molecule has 0 saturated carbocycles. The van der Waals surface area contributed by atoms with Crippen LogP contribution in [-0.4, -0.2) is 29.1 Å². The molecular formula is C31H50N2O3Y2-2. The van der Waals surface area contributed by atoms with E-state index in [9.17, 15) is 4.79 Å². The van der Waals surface area contributed by atoms with Gasteiger partial charge >= 0.3 is 0 Å². The molecule has 5 nitrogen and oxygen atoms in total. The van der Waals surface area contributed by atoms with Crippen LogP contribution in [0.1, 0.15) is 72.9 Å². The quantitative estimate of drug-likeness (QED) is 0.287. The minimum absolute atomic E-state index is 0. The fourth-order valence-electron chi connectivity index (χ4n) is 1.85. The number of carboxylic acid groups (broad SMARTS) is 1. The summed E-state index contributed by atoms with van der Waals surface area (Å²) in [5.74, 6) is -0.778. The Kier molecular flexibility index (Phi) is 49.6. The number of aliphatic carboxylic acids is 1. The van der Waals surface area contributed by atoms with Crippen molar-refractivity contribution < 1.29 is 80.1 Å². The fraction of sp³-hybridized carbons (Fsp3) is 0.355. The molecule has 0 aromatic heterocycles. The van der Waals surface area contributed by atoms with Gasteiger partial charge in [-0.25, -0.2) is 38.2 Å². The molecule has 2 aromatic rings. The summed E-state index contributed by atoms with van der Waals surface area (Å²) in [6.07, 6.45) is 9.60. The van der Waals surface area contributed by atoms with E-state index in [0.29, 0.717) is 12.1 Å². The monoisotopic (exact) mass is 676 g/mol. The number of carboxylic acids is 1. The van der Waals surface area contributed by atoms with Crippen molar-refractivity contribution in [1.82, 2.24) is 5.32 Å². The summed E-state index contributed by atoms with van der Waals surface area (Å²) in [5, 5.41) is 10.2. The summed E-state index contributed by atoms with van der Waals surface area (Å²) in [4.78, 5) is 19.3. The molecular weight excluding hydrogens is 626 g/mol. The van der Waals surface area contributed by atoms with Crippen LogP contribution in [0.3, 0.4) is 0 Å². The number of nitrogens with two attached hydrogens (primary N) is 1. The van der Waals surface area contributed by atoms with Crippen LogP contribution in [0.2, 0.25) is 0 Å². The van der Waals surface area contributed by atoms with Crippen molar-refractivity contribution in [2.45, 2.75) is 73.9 Å². The number of carbonyl (C=O) groups is 2. The van der Waals surface area contributed by atoms with Crippen LogP contribution in [-0.2, 0) is 75.0 Å². The predicted molar refractivity (Wildman–Crippen MR) is 159 cm³/mol. The number of amides is 1. The molecule has 0 aliphatic heterocycles. The van der Waals surface area contributed by atoms with Gasteiger partial charge in [-0.15, -0.1) is 11.1 Å². The van der Waals surface area contributed by atoms with Gasteiger partial charge in [-0.3, -0.25) is 9.59 Å². The Morgan fingerprint density at radius 1 is 0.842 bits per heavy atom. The maximum absolute atomic E-state index is 10.3. The topological polar surface area (TPSA) is 92.4 Å². The van der Waals surface area contributed by atoms with Crippen LogP contribution in [0.5, 0.6) is 0 Å². The SMILES string of the molecule is C.CC(=O)O.CCC(C)N.CCC(C)NC(C)=O.[CH2-]/C=C\c1ccccc1.[CH2-]/C=C\c1ccccc1.[Y].[Y]. The van der Waals surface area contributed by atoms with E-state index in [2.05, 4.69) is 26.1 Å². The molecule has 2 radical (unpaired) electrons. The van der Waals surface area contributed by atoms with Gasteiger partial charge in [0, 0.05) is 91.3 Å². The van der Waals surface area contributed by atoms with Crippen molar-refractivity contribution in [2.75, 3.05) is 0 Å². The minimum Gasteiger partial charge on any atom is -0.481 e. The molecule has 0 heterocycles. The zero-order valence-corrected chi connectivity index (χ0v) is 29.2. The molecule has 2 aromatic carbocycles. The van der Waals surface area contributed by atoms with Crippen LogP contribution in [0.15, 0.2) is 72.8 Å². The first-order chi connectivity index (χ1) is 16.5. The van der Waals surface area contributed by atoms with Crippen LogP contribution >= 0.6 is 0 Å². The van der Waals surface area contributed by atoms with Crippen LogP contribution < -0.4 is 11.1 Å². The molecule has 2 atom stereocenters. The van der Waals surface area contributed by atoms with Crippen LogP contribution in [0, 0.1) is 13.8 Å². The maximum Gasteiger partial charge on any atom is 0.300 e. The van der Waals surface area contributed by atoms with E-state index in [-0.39, 0.29) is 78.8 Å². The number of nitrogens with one attached hydrogen (secondary N) is 1. The van der Waals surface area contributed by atoms with Gasteiger partial charge in [0.05, 0.1) is 0 Å². The zero-order chi connectivity index (χ0) is 27.5. The van der Waals surface area contributed by atoms with E-state index >= 15 is 0 Å². The summed E-state index contributed by atoms with van der Waals surface area (Å²) in [6, 6.07) is 20.9. The zero-order valence-electron chi connectivity index (χ0n) is 23.6. The molecule has 38 heavy (non-hydrogen) atoms. The predicted octanol–water partition coefficient (Wildman–Crippen LogP) is 7.45. The number of benzene rings is 2. The Hall–Kier alpha value is -1.23. The smallest absolute Gasteiger partial charge is 0.300 e. The first kappa shape index (κ1) is 49.7. The van der Waals surface area contributed by atoms with Gasteiger partial charge in [0.1, 0.15) is 0 Å². The number of hydrogen-bond donors (Lipinski definition) is 3. The van der Waals surface area contributed by atoms with E-state index in [1.807, 2.05) is 93.6 Å². The van der Waals surface area contributed by atoms with E-state index in [1.54, 1.807) is 12.2 Å². The molecule has 2 unspecified atom stereocenters. The Morgan fingerprint density at radius 3 is 1.29 bits per heavy atom. The molecule has 0 bridgehead atoms. The van der Waals surface area contributed by atoms with Crippen molar-refractivity contribution in [1.29, 1.82) is 0 Å². The number of carbonyl (C=O) groups excluding carboxylic acids is 1. The summed E-state index contributed by atoms with van der Waals surface area (Å²) < 4.78 is 0. The van der Waals surface area contributed by atoms with Crippen LogP contribution in [0.25, 0.3) is 12.2 Å². The normalized spacial score (nSPS) is 10.2. The van der Waals surface area contributed by atoms with Crippen molar-refractivity contribution in [2.24, 2.45) is 5.73 Å². The van der Waals surface area contributed by atoms with Gasteiger partial charge in [-0.1, -0.05) is 81.9 Å². The Morgan fingerprint density at radius 2 is 1.13 bits per heavy atom. The van der Waals surface area contributed by atoms with Gasteiger partial charge in [0.2, 0.25) is 5.91 Å². The Labute approximate surface area is 284 Å². The Balaban J connectivity index is -0.0000000851. The third-order valence-electron chi connectivity index (χ3n) is 3.93. The maximum atomic E-state index is 10.3. The van der Waals surface area contributed by atoms with Gasteiger partial charge in [0.15, 0.2) is 0 Å². The molecule has 7 heteroatoms. The molecule has 2 rings (SSSR count). The van der Waals surface area contributed by atoms with Crippen LogP contribution in [0.4, 0.5) is 0 Å². The molecule has 0 aliphatic carbocycles.